The third-order valence-corrected chi connectivity index (χ3v) is 5.63. The minimum absolute atomic E-state index is 0.000167. The van der Waals surface area contributed by atoms with Crippen LogP contribution in [0.4, 0.5) is 4.39 Å². The van der Waals surface area contributed by atoms with Gasteiger partial charge in [0.25, 0.3) is 0 Å². The summed E-state index contributed by atoms with van der Waals surface area (Å²) in [5.41, 5.74) is 6.11. The predicted octanol–water partition coefficient (Wildman–Crippen LogP) is 4.66. The van der Waals surface area contributed by atoms with Gasteiger partial charge in [-0.05, 0) is 50.1 Å². The molecule has 0 amide bonds. The van der Waals surface area contributed by atoms with E-state index in [0.29, 0.717) is 55.9 Å². The first-order valence-electron chi connectivity index (χ1n) is 8.82. The summed E-state index contributed by atoms with van der Waals surface area (Å²) in [5, 5.41) is 16.1. The van der Waals surface area contributed by atoms with Gasteiger partial charge in [0.15, 0.2) is 0 Å². The topological polar surface area (TPSA) is 74.8 Å². The summed E-state index contributed by atoms with van der Waals surface area (Å²) in [4.78, 5) is 12.0. The maximum atomic E-state index is 14.3. The van der Waals surface area contributed by atoms with Crippen molar-refractivity contribution < 1.29 is 13.9 Å². The summed E-state index contributed by atoms with van der Waals surface area (Å²) in [6.45, 7) is 5.23. The van der Waals surface area contributed by atoms with E-state index in [-0.39, 0.29) is 5.75 Å². The average Bonchev–Trinajstić information content (AvgIpc) is 3.08. The number of phenols is 1. The maximum absolute atomic E-state index is 14.3. The number of benzene rings is 2. The third-order valence-electron chi connectivity index (χ3n) is 5.30. The molecule has 0 fully saturated rings. The van der Waals surface area contributed by atoms with Gasteiger partial charge in [-0.3, -0.25) is 0 Å². The number of fused-ring (bicyclic) bond motifs is 1. The Morgan fingerprint density at radius 1 is 1.29 bits per heavy atom. The van der Waals surface area contributed by atoms with Crippen LogP contribution in [0.5, 0.6) is 5.75 Å². The van der Waals surface area contributed by atoms with Crippen molar-refractivity contribution in [3.63, 3.8) is 0 Å². The molecule has 1 aliphatic heterocycles. The van der Waals surface area contributed by atoms with E-state index >= 15 is 0 Å². The highest BCUT2D eigenvalue weighted by molar-refractivity contribution is 6.31. The first-order chi connectivity index (χ1) is 13.3. The van der Waals surface area contributed by atoms with Crippen molar-refractivity contribution in [1.29, 1.82) is 0 Å². The van der Waals surface area contributed by atoms with Gasteiger partial charge in [-0.25, -0.2) is 9.18 Å². The number of hydrogen-bond acceptors (Lipinski definition) is 5. The number of aromatic hydroxyl groups is 1. The number of hydrazone groups is 1. The summed E-state index contributed by atoms with van der Waals surface area (Å²) in [6.07, 6.45) is 0.357. The van der Waals surface area contributed by atoms with Crippen molar-refractivity contribution >= 4 is 28.3 Å². The molecule has 28 heavy (non-hydrogen) atoms. The highest BCUT2D eigenvalue weighted by Crippen LogP contribution is 2.38. The molecule has 2 aromatic carbocycles. The van der Waals surface area contributed by atoms with E-state index < -0.39 is 17.5 Å². The second-order valence-corrected chi connectivity index (χ2v) is 7.42. The molecule has 5 nitrogen and oxygen atoms in total. The second kappa shape index (κ2) is 6.63. The number of phenolic OH excluding ortho intramolecular Hbond substituents is 1. The van der Waals surface area contributed by atoms with Gasteiger partial charge < -0.3 is 14.9 Å². The molecule has 0 bridgehead atoms. The summed E-state index contributed by atoms with van der Waals surface area (Å²) in [7, 11) is 0. The SMILES string of the molecule is Cc1cc2oc(=O)c(C)c(C)c2c(O)c1C1=NNC(c2c(F)cccc2Cl)C1. The van der Waals surface area contributed by atoms with Crippen LogP contribution in [0.3, 0.4) is 0 Å². The van der Waals surface area contributed by atoms with Crippen molar-refractivity contribution in [2.24, 2.45) is 5.10 Å². The van der Waals surface area contributed by atoms with Gasteiger partial charge >= 0.3 is 5.63 Å². The normalized spacial score (nSPS) is 16.3. The Balaban J connectivity index is 1.81. The molecule has 2 heterocycles. The Morgan fingerprint density at radius 2 is 2.04 bits per heavy atom. The minimum atomic E-state index is -0.435. The molecule has 4 rings (SSSR count). The quantitative estimate of drug-likeness (QED) is 0.614. The van der Waals surface area contributed by atoms with Gasteiger partial charge in [-0.15, -0.1) is 0 Å². The van der Waals surface area contributed by atoms with Crippen molar-refractivity contribution in [2.45, 2.75) is 33.2 Å². The molecule has 1 atom stereocenters. The highest BCUT2D eigenvalue weighted by Gasteiger charge is 2.29. The molecule has 0 saturated heterocycles. The van der Waals surface area contributed by atoms with Crippen LogP contribution in [0.25, 0.3) is 11.0 Å². The number of nitrogens with one attached hydrogen (secondary N) is 1. The van der Waals surface area contributed by atoms with Gasteiger partial charge in [0.2, 0.25) is 0 Å². The second-order valence-electron chi connectivity index (χ2n) is 7.01. The fourth-order valence-electron chi connectivity index (χ4n) is 3.70. The molecule has 2 N–H and O–H groups in total. The largest absolute Gasteiger partial charge is 0.506 e. The number of nitrogens with zero attached hydrogens (tertiary/aromatic N) is 1. The molecule has 1 aliphatic rings. The Hall–Kier alpha value is -2.86. The third kappa shape index (κ3) is 2.76. The smallest absolute Gasteiger partial charge is 0.339 e. The van der Waals surface area contributed by atoms with Crippen molar-refractivity contribution in [3.8, 4) is 5.75 Å². The zero-order valence-electron chi connectivity index (χ0n) is 15.6. The maximum Gasteiger partial charge on any atom is 0.339 e. The van der Waals surface area contributed by atoms with Crippen molar-refractivity contribution in [2.75, 3.05) is 0 Å². The summed E-state index contributed by atoms with van der Waals surface area (Å²) in [6, 6.07) is 5.82. The van der Waals surface area contributed by atoms with Crippen LogP contribution in [-0.4, -0.2) is 10.8 Å². The Bertz CT molecular complexity index is 1200. The lowest BCUT2D eigenvalue weighted by Gasteiger charge is -2.15. The lowest BCUT2D eigenvalue weighted by Crippen LogP contribution is -2.13. The molecule has 0 saturated carbocycles. The summed E-state index contributed by atoms with van der Waals surface area (Å²) in [5.74, 6) is -0.408. The van der Waals surface area contributed by atoms with E-state index in [2.05, 4.69) is 10.5 Å². The van der Waals surface area contributed by atoms with Crippen LogP contribution in [0.2, 0.25) is 5.02 Å². The summed E-state index contributed by atoms with van der Waals surface area (Å²) >= 11 is 6.17. The highest BCUT2D eigenvalue weighted by atomic mass is 35.5. The molecular weight excluding hydrogens is 383 g/mol. The van der Waals surface area contributed by atoms with Crippen LogP contribution >= 0.6 is 11.6 Å². The van der Waals surface area contributed by atoms with E-state index in [4.69, 9.17) is 16.0 Å². The number of aryl methyl sites for hydroxylation is 2. The molecule has 1 aromatic heterocycles. The fourth-order valence-corrected chi connectivity index (χ4v) is 4.00. The number of hydrogen-bond donors (Lipinski definition) is 2. The van der Waals surface area contributed by atoms with E-state index in [1.165, 1.54) is 6.07 Å². The van der Waals surface area contributed by atoms with E-state index in [9.17, 15) is 14.3 Å². The Kier molecular flexibility index (Phi) is 4.38. The van der Waals surface area contributed by atoms with E-state index in [1.54, 1.807) is 39.0 Å². The lowest BCUT2D eigenvalue weighted by atomic mass is 9.93. The van der Waals surface area contributed by atoms with Crippen molar-refractivity contribution in [3.05, 3.63) is 73.3 Å². The van der Waals surface area contributed by atoms with Crippen molar-refractivity contribution in [1.82, 2.24) is 5.43 Å². The molecule has 7 heteroatoms. The lowest BCUT2D eigenvalue weighted by molar-refractivity contribution is 0.476. The molecule has 144 valence electrons. The minimum Gasteiger partial charge on any atom is -0.506 e. The van der Waals surface area contributed by atoms with Gasteiger partial charge in [-0.1, -0.05) is 17.7 Å². The number of rotatable bonds is 2. The molecule has 3 aromatic rings. The standard InChI is InChI=1S/C21H18ClFN2O3/c1-9-7-16-18(10(2)11(3)21(27)28-16)20(26)17(9)14-8-15(25-24-14)19-12(22)5-4-6-13(19)23/h4-7,15,25-26H,8H2,1-3H3. The monoisotopic (exact) mass is 400 g/mol. The van der Waals surface area contributed by atoms with Crippen LogP contribution in [-0.2, 0) is 0 Å². The molecule has 0 aliphatic carbocycles. The van der Waals surface area contributed by atoms with Crippen LogP contribution in [0.1, 0.15) is 40.3 Å². The zero-order valence-corrected chi connectivity index (χ0v) is 16.3. The Morgan fingerprint density at radius 3 is 2.75 bits per heavy atom. The predicted molar refractivity (Wildman–Crippen MR) is 107 cm³/mol. The zero-order chi connectivity index (χ0) is 20.2. The first-order valence-corrected chi connectivity index (χ1v) is 9.20. The fraction of sp³-hybridized carbons (Fsp3) is 0.238. The molecular formula is C21H18ClFN2O3. The van der Waals surface area contributed by atoms with E-state index in [0.717, 1.165) is 0 Å². The van der Waals surface area contributed by atoms with Gasteiger partial charge in [0.05, 0.1) is 17.1 Å². The number of halogens is 2. The van der Waals surface area contributed by atoms with Crippen LogP contribution < -0.4 is 11.1 Å². The van der Waals surface area contributed by atoms with Crippen LogP contribution in [0, 0.1) is 26.6 Å². The van der Waals surface area contributed by atoms with Gasteiger partial charge in [0, 0.05) is 28.1 Å². The van der Waals surface area contributed by atoms with Gasteiger partial charge in [0.1, 0.15) is 17.1 Å². The molecule has 0 spiro atoms. The average molecular weight is 401 g/mol. The van der Waals surface area contributed by atoms with E-state index in [1.807, 2.05) is 0 Å². The Labute approximate surface area is 165 Å². The summed E-state index contributed by atoms with van der Waals surface area (Å²) < 4.78 is 19.6. The molecule has 0 radical (unpaired) electrons. The van der Waals surface area contributed by atoms with Gasteiger partial charge in [-0.2, -0.15) is 5.10 Å². The van der Waals surface area contributed by atoms with Crippen LogP contribution in [0.15, 0.2) is 38.6 Å². The first kappa shape index (κ1) is 18.5. The molecule has 1 unspecified atom stereocenters.